The molecule has 21 heavy (non-hydrogen) atoms. The summed E-state index contributed by atoms with van der Waals surface area (Å²) >= 11 is 6.15. The summed E-state index contributed by atoms with van der Waals surface area (Å²) in [4.78, 5) is 0. The van der Waals surface area contributed by atoms with Gasteiger partial charge in [0.25, 0.3) is 0 Å². The molecule has 0 aliphatic heterocycles. The summed E-state index contributed by atoms with van der Waals surface area (Å²) in [7, 11) is 0. The maximum Gasteiger partial charge on any atom is 0.142 e. The molecule has 0 spiro atoms. The summed E-state index contributed by atoms with van der Waals surface area (Å²) < 4.78 is 13.6. The Morgan fingerprint density at radius 2 is 2.00 bits per heavy atom. The molecule has 3 heteroatoms. The molecule has 1 aromatic carbocycles. The minimum Gasteiger partial charge on any atom is -0.314 e. The molecule has 1 N–H and O–H groups in total. The Hall–Kier alpha value is -0.600. The second-order valence-corrected chi connectivity index (χ2v) is 7.52. The van der Waals surface area contributed by atoms with Crippen LogP contribution < -0.4 is 5.32 Å². The third-order valence-electron chi connectivity index (χ3n) is 6.20. The minimum absolute atomic E-state index is 0.291. The molecule has 2 bridgehead atoms. The molecule has 0 aromatic heterocycles. The first-order valence-corrected chi connectivity index (χ1v) is 8.74. The van der Waals surface area contributed by atoms with Crippen LogP contribution in [0.1, 0.15) is 31.7 Å². The summed E-state index contributed by atoms with van der Waals surface area (Å²) in [6, 6.07) is 5.66. The fraction of sp³-hybridized carbons (Fsp3) is 0.667. The van der Waals surface area contributed by atoms with Gasteiger partial charge in [-0.1, -0.05) is 30.7 Å². The van der Waals surface area contributed by atoms with E-state index in [9.17, 15) is 4.39 Å². The van der Waals surface area contributed by atoms with Crippen LogP contribution in [0.5, 0.6) is 0 Å². The Morgan fingerprint density at radius 3 is 2.67 bits per heavy atom. The lowest BCUT2D eigenvalue weighted by Gasteiger charge is -2.22. The highest BCUT2D eigenvalue weighted by Gasteiger charge is 2.66. The van der Waals surface area contributed by atoms with E-state index in [2.05, 4.69) is 12.2 Å². The van der Waals surface area contributed by atoms with E-state index in [4.69, 9.17) is 11.6 Å². The summed E-state index contributed by atoms with van der Waals surface area (Å²) in [5.74, 6) is 4.36. The normalized spacial score (nSPS) is 37.6. The average molecular weight is 308 g/mol. The predicted octanol–water partition coefficient (Wildman–Crippen LogP) is 4.29. The molecule has 0 amide bonds. The van der Waals surface area contributed by atoms with E-state index >= 15 is 0 Å². The zero-order valence-corrected chi connectivity index (χ0v) is 13.2. The highest BCUT2D eigenvalue weighted by molar-refractivity contribution is 6.31. The van der Waals surface area contributed by atoms with Crippen LogP contribution in [-0.2, 0) is 6.42 Å². The number of likely N-dealkylation sites (N-methyl/N-ethyl adjacent to an activating group) is 1. The minimum atomic E-state index is -0.291. The number of rotatable bonds is 5. The third-order valence-corrected chi connectivity index (χ3v) is 6.62. The van der Waals surface area contributed by atoms with Crippen molar-refractivity contribution < 1.29 is 4.39 Å². The van der Waals surface area contributed by atoms with Gasteiger partial charge in [-0.15, -0.1) is 0 Å². The molecule has 3 fully saturated rings. The molecule has 5 atom stereocenters. The summed E-state index contributed by atoms with van der Waals surface area (Å²) in [6.45, 7) is 3.13. The van der Waals surface area contributed by atoms with Gasteiger partial charge in [0.15, 0.2) is 0 Å². The number of hydrogen-bond acceptors (Lipinski definition) is 1. The van der Waals surface area contributed by atoms with Crippen LogP contribution in [0, 0.1) is 35.4 Å². The Balaban J connectivity index is 1.52. The van der Waals surface area contributed by atoms with Gasteiger partial charge in [0.05, 0.1) is 5.02 Å². The Bertz CT molecular complexity index is 530. The van der Waals surface area contributed by atoms with Gasteiger partial charge in [-0.2, -0.15) is 0 Å². The van der Waals surface area contributed by atoms with Crippen molar-refractivity contribution in [3.63, 3.8) is 0 Å². The quantitative estimate of drug-likeness (QED) is 0.855. The molecule has 0 heterocycles. The molecule has 114 valence electrons. The monoisotopic (exact) mass is 307 g/mol. The van der Waals surface area contributed by atoms with Gasteiger partial charge in [-0.3, -0.25) is 0 Å². The maximum atomic E-state index is 13.6. The van der Waals surface area contributed by atoms with Gasteiger partial charge >= 0.3 is 0 Å². The maximum absolute atomic E-state index is 13.6. The summed E-state index contributed by atoms with van der Waals surface area (Å²) in [6.07, 6.45) is 5.23. The molecule has 3 aliphatic rings. The standard InChI is InChI=1S/C18H23ClFN/c1-2-21-14(9-12-4-3-5-13(20)18(12)19)17-15-10-6-7-11(8-10)16(15)17/h3-5,10-11,14-17,21H,2,6-9H2,1H3. The van der Waals surface area contributed by atoms with Crippen LogP contribution in [0.25, 0.3) is 0 Å². The zero-order chi connectivity index (χ0) is 14.6. The lowest BCUT2D eigenvalue weighted by molar-refractivity contribution is 0.365. The topological polar surface area (TPSA) is 12.0 Å². The molecule has 1 aromatic rings. The molecule has 1 nitrogen and oxygen atoms in total. The molecule has 5 unspecified atom stereocenters. The van der Waals surface area contributed by atoms with E-state index in [1.54, 1.807) is 6.07 Å². The zero-order valence-electron chi connectivity index (χ0n) is 12.5. The van der Waals surface area contributed by atoms with E-state index in [1.807, 2.05) is 6.07 Å². The molecule has 3 aliphatic carbocycles. The van der Waals surface area contributed by atoms with Crippen molar-refractivity contribution in [2.45, 2.75) is 38.6 Å². The van der Waals surface area contributed by atoms with Crippen molar-refractivity contribution in [3.8, 4) is 0 Å². The van der Waals surface area contributed by atoms with Crippen LogP contribution in [0.15, 0.2) is 18.2 Å². The summed E-state index contributed by atoms with van der Waals surface area (Å²) in [5.41, 5.74) is 0.958. The number of hydrogen-bond donors (Lipinski definition) is 1. The fourth-order valence-electron chi connectivity index (χ4n) is 5.48. The number of nitrogens with one attached hydrogen (secondary N) is 1. The van der Waals surface area contributed by atoms with E-state index in [1.165, 1.54) is 25.3 Å². The van der Waals surface area contributed by atoms with Crippen LogP contribution in [0.3, 0.4) is 0 Å². The lowest BCUT2D eigenvalue weighted by Crippen LogP contribution is -2.35. The number of benzene rings is 1. The molecule has 0 saturated heterocycles. The van der Waals surface area contributed by atoms with Crippen molar-refractivity contribution in [3.05, 3.63) is 34.6 Å². The second kappa shape index (κ2) is 5.24. The van der Waals surface area contributed by atoms with Crippen LogP contribution in [-0.4, -0.2) is 12.6 Å². The first-order chi connectivity index (χ1) is 10.2. The first kappa shape index (κ1) is 14.0. The van der Waals surface area contributed by atoms with Gasteiger partial charge in [0.2, 0.25) is 0 Å². The van der Waals surface area contributed by atoms with Crippen molar-refractivity contribution in [2.24, 2.45) is 29.6 Å². The van der Waals surface area contributed by atoms with E-state index < -0.39 is 0 Å². The second-order valence-electron chi connectivity index (χ2n) is 7.15. The van der Waals surface area contributed by atoms with Crippen LogP contribution >= 0.6 is 11.6 Å². The molecule has 3 saturated carbocycles. The Kier molecular flexibility index (Phi) is 3.50. The largest absolute Gasteiger partial charge is 0.314 e. The van der Waals surface area contributed by atoms with Crippen LogP contribution in [0.2, 0.25) is 5.02 Å². The molecular formula is C18H23ClFN. The van der Waals surface area contributed by atoms with E-state index in [0.29, 0.717) is 11.1 Å². The summed E-state index contributed by atoms with van der Waals surface area (Å²) in [5, 5.41) is 3.97. The van der Waals surface area contributed by atoms with Crippen LogP contribution in [0.4, 0.5) is 4.39 Å². The van der Waals surface area contributed by atoms with Gasteiger partial charge in [-0.25, -0.2) is 4.39 Å². The van der Waals surface area contributed by atoms with Gasteiger partial charge in [-0.05, 0) is 73.4 Å². The Labute approximate surface area is 131 Å². The highest BCUT2D eigenvalue weighted by atomic mass is 35.5. The fourth-order valence-corrected chi connectivity index (χ4v) is 5.68. The molecule has 0 radical (unpaired) electrons. The van der Waals surface area contributed by atoms with Crippen molar-refractivity contribution in [1.29, 1.82) is 0 Å². The van der Waals surface area contributed by atoms with E-state index in [-0.39, 0.29) is 5.82 Å². The SMILES string of the molecule is CCNC(Cc1cccc(F)c1Cl)C1C2C3CCC(C3)C21. The molecular weight excluding hydrogens is 285 g/mol. The lowest BCUT2D eigenvalue weighted by atomic mass is 9.93. The average Bonchev–Trinajstić information content (AvgIpc) is 2.90. The van der Waals surface area contributed by atoms with Crippen molar-refractivity contribution in [2.75, 3.05) is 6.54 Å². The van der Waals surface area contributed by atoms with E-state index in [0.717, 1.165) is 48.1 Å². The van der Waals surface area contributed by atoms with Gasteiger partial charge in [0, 0.05) is 6.04 Å². The Morgan fingerprint density at radius 1 is 1.29 bits per heavy atom. The van der Waals surface area contributed by atoms with Gasteiger partial charge < -0.3 is 5.32 Å². The third kappa shape index (κ3) is 2.22. The smallest absolute Gasteiger partial charge is 0.142 e. The van der Waals surface area contributed by atoms with Gasteiger partial charge in [0.1, 0.15) is 5.82 Å². The van der Waals surface area contributed by atoms with Crippen molar-refractivity contribution in [1.82, 2.24) is 5.32 Å². The highest BCUT2D eigenvalue weighted by Crippen LogP contribution is 2.70. The molecule has 4 rings (SSSR count). The predicted molar refractivity (Wildman–Crippen MR) is 83.9 cm³/mol. The number of fused-ring (bicyclic) bond motifs is 5. The first-order valence-electron chi connectivity index (χ1n) is 8.37. The van der Waals surface area contributed by atoms with Crippen molar-refractivity contribution >= 4 is 11.6 Å². The number of halogens is 2.